The molecule has 18 heavy (non-hydrogen) atoms. The summed E-state index contributed by atoms with van der Waals surface area (Å²) < 4.78 is 0. The second kappa shape index (κ2) is 3.94. The molecule has 2 heterocycles. The van der Waals surface area contributed by atoms with Gasteiger partial charge in [-0.05, 0) is 11.6 Å². The maximum Gasteiger partial charge on any atom is 0.231 e. The lowest BCUT2D eigenvalue weighted by molar-refractivity contribution is -0.133. The second-order valence-corrected chi connectivity index (χ2v) is 4.64. The third kappa shape index (κ3) is 1.77. The molecule has 1 fully saturated rings. The van der Waals surface area contributed by atoms with E-state index in [1.165, 1.54) is 5.56 Å². The number of nitrogens with zero attached hydrogens (tertiary/aromatic N) is 3. The largest absolute Gasteiger partial charge is 0.492 e. The van der Waals surface area contributed by atoms with E-state index < -0.39 is 0 Å². The van der Waals surface area contributed by atoms with Crippen LogP contribution < -0.4 is 0 Å². The van der Waals surface area contributed by atoms with Crippen molar-refractivity contribution < 1.29 is 9.90 Å². The van der Waals surface area contributed by atoms with Crippen LogP contribution in [-0.2, 0) is 4.79 Å². The Labute approximate surface area is 104 Å². The van der Waals surface area contributed by atoms with Crippen molar-refractivity contribution in [2.45, 2.75) is 12.8 Å². The minimum absolute atomic E-state index is 0.0679. The quantitative estimate of drug-likeness (QED) is 0.819. The van der Waals surface area contributed by atoms with Gasteiger partial charge in [0.2, 0.25) is 11.8 Å². The van der Waals surface area contributed by atoms with Crippen molar-refractivity contribution in [3.63, 3.8) is 0 Å². The molecule has 1 aliphatic heterocycles. The summed E-state index contributed by atoms with van der Waals surface area (Å²) in [6.45, 7) is 3.13. The Balaban J connectivity index is 1.86. The summed E-state index contributed by atoms with van der Waals surface area (Å²) in [5.41, 5.74) is 1.94. The van der Waals surface area contributed by atoms with Gasteiger partial charge in [-0.25, -0.2) is 0 Å². The van der Waals surface area contributed by atoms with Gasteiger partial charge in [0.15, 0.2) is 0 Å². The smallest absolute Gasteiger partial charge is 0.231 e. The van der Waals surface area contributed by atoms with Crippen LogP contribution in [0.5, 0.6) is 5.88 Å². The standard InChI is InChI=1S/C13H13N3O2/c1-8(17)16-6-11(7-16)9-2-3-10-5-13(18)15-14-12(10)4-9/h2-5,11H,6-7H2,1H3,(H,15,18). The molecule has 5 heteroatoms. The normalized spacial score (nSPS) is 15.7. The fourth-order valence-corrected chi connectivity index (χ4v) is 2.24. The lowest BCUT2D eigenvalue weighted by Gasteiger charge is -2.39. The van der Waals surface area contributed by atoms with Crippen molar-refractivity contribution in [3.8, 4) is 5.88 Å². The Morgan fingerprint density at radius 3 is 2.83 bits per heavy atom. The van der Waals surface area contributed by atoms with Crippen LogP contribution in [0.2, 0.25) is 0 Å². The van der Waals surface area contributed by atoms with Crippen LogP contribution in [0.1, 0.15) is 18.4 Å². The van der Waals surface area contributed by atoms with Gasteiger partial charge in [-0.2, -0.15) is 0 Å². The van der Waals surface area contributed by atoms with Gasteiger partial charge in [0.1, 0.15) is 0 Å². The molecule has 2 aromatic rings. The van der Waals surface area contributed by atoms with Crippen LogP contribution >= 0.6 is 0 Å². The number of likely N-dealkylation sites (tertiary alicyclic amines) is 1. The maximum absolute atomic E-state index is 11.1. The summed E-state index contributed by atoms with van der Waals surface area (Å²) in [4.78, 5) is 12.9. The molecule has 0 aliphatic carbocycles. The molecular weight excluding hydrogens is 230 g/mol. The third-order valence-corrected chi connectivity index (χ3v) is 3.40. The number of aromatic hydroxyl groups is 1. The first kappa shape index (κ1) is 11.0. The number of benzene rings is 1. The van der Waals surface area contributed by atoms with Crippen LogP contribution in [0.3, 0.4) is 0 Å². The number of hydrogen-bond donors (Lipinski definition) is 1. The molecule has 0 bridgehead atoms. The van der Waals surface area contributed by atoms with Gasteiger partial charge < -0.3 is 10.0 Å². The Bertz CT molecular complexity index is 621. The van der Waals surface area contributed by atoms with Gasteiger partial charge >= 0.3 is 0 Å². The average Bonchev–Trinajstić information content (AvgIpc) is 2.26. The molecule has 1 aromatic heterocycles. The minimum Gasteiger partial charge on any atom is -0.492 e. The van der Waals surface area contributed by atoms with E-state index in [2.05, 4.69) is 10.2 Å². The topological polar surface area (TPSA) is 66.3 Å². The summed E-state index contributed by atoms with van der Waals surface area (Å²) in [5, 5.41) is 17.7. The Kier molecular flexibility index (Phi) is 2.40. The van der Waals surface area contributed by atoms with E-state index in [0.717, 1.165) is 24.0 Å². The van der Waals surface area contributed by atoms with E-state index in [9.17, 15) is 9.90 Å². The zero-order valence-electron chi connectivity index (χ0n) is 10.00. The Morgan fingerprint density at radius 2 is 2.11 bits per heavy atom. The highest BCUT2D eigenvalue weighted by atomic mass is 16.3. The Hall–Kier alpha value is -2.17. The van der Waals surface area contributed by atoms with Crippen molar-refractivity contribution >= 4 is 16.8 Å². The van der Waals surface area contributed by atoms with Crippen molar-refractivity contribution in [3.05, 3.63) is 29.8 Å². The predicted octanol–water partition coefficient (Wildman–Crippen LogP) is 1.28. The highest BCUT2D eigenvalue weighted by molar-refractivity contribution is 5.80. The van der Waals surface area contributed by atoms with Gasteiger partial charge in [-0.15, -0.1) is 10.2 Å². The number of aromatic nitrogens is 2. The van der Waals surface area contributed by atoms with Crippen molar-refractivity contribution in [1.82, 2.24) is 15.1 Å². The van der Waals surface area contributed by atoms with E-state index in [0.29, 0.717) is 5.92 Å². The van der Waals surface area contributed by atoms with Crippen LogP contribution in [-0.4, -0.2) is 39.2 Å². The first-order chi connectivity index (χ1) is 8.63. The fraction of sp³-hybridized carbons (Fsp3) is 0.308. The van der Waals surface area contributed by atoms with Gasteiger partial charge in [-0.3, -0.25) is 4.79 Å². The van der Waals surface area contributed by atoms with Gasteiger partial charge in [0.25, 0.3) is 0 Å². The first-order valence-corrected chi connectivity index (χ1v) is 5.85. The third-order valence-electron chi connectivity index (χ3n) is 3.40. The fourth-order valence-electron chi connectivity index (χ4n) is 2.24. The highest BCUT2D eigenvalue weighted by Gasteiger charge is 2.29. The van der Waals surface area contributed by atoms with Crippen LogP contribution in [0, 0.1) is 0 Å². The minimum atomic E-state index is -0.0679. The lowest BCUT2D eigenvalue weighted by Crippen LogP contribution is -2.47. The second-order valence-electron chi connectivity index (χ2n) is 4.64. The number of fused-ring (bicyclic) bond motifs is 1. The molecule has 5 nitrogen and oxygen atoms in total. The summed E-state index contributed by atoms with van der Waals surface area (Å²) >= 11 is 0. The zero-order chi connectivity index (χ0) is 12.7. The van der Waals surface area contributed by atoms with Crippen LogP contribution in [0.15, 0.2) is 24.3 Å². The SMILES string of the molecule is CC(=O)N1CC(c2ccc3cc(O)nnc3c2)C1. The van der Waals surface area contributed by atoms with E-state index in [4.69, 9.17) is 0 Å². The lowest BCUT2D eigenvalue weighted by atomic mass is 9.91. The molecule has 1 aliphatic rings. The highest BCUT2D eigenvalue weighted by Crippen LogP contribution is 2.29. The molecule has 1 amide bonds. The van der Waals surface area contributed by atoms with Gasteiger partial charge in [-0.1, -0.05) is 12.1 Å². The van der Waals surface area contributed by atoms with Crippen LogP contribution in [0.25, 0.3) is 10.9 Å². The molecule has 0 radical (unpaired) electrons. The van der Waals surface area contributed by atoms with E-state index in [1.807, 2.05) is 23.1 Å². The molecule has 0 unspecified atom stereocenters. The van der Waals surface area contributed by atoms with E-state index in [-0.39, 0.29) is 11.8 Å². The molecule has 0 saturated carbocycles. The molecular formula is C13H13N3O2. The molecule has 1 saturated heterocycles. The Morgan fingerprint density at radius 1 is 1.33 bits per heavy atom. The molecule has 3 rings (SSSR count). The van der Waals surface area contributed by atoms with Gasteiger partial charge in [0, 0.05) is 37.4 Å². The zero-order valence-corrected chi connectivity index (χ0v) is 10.00. The monoisotopic (exact) mass is 243 g/mol. The predicted molar refractivity (Wildman–Crippen MR) is 66.2 cm³/mol. The molecule has 92 valence electrons. The maximum atomic E-state index is 11.1. The average molecular weight is 243 g/mol. The summed E-state index contributed by atoms with van der Waals surface area (Å²) in [6.07, 6.45) is 0. The molecule has 0 spiro atoms. The first-order valence-electron chi connectivity index (χ1n) is 5.85. The summed E-state index contributed by atoms with van der Waals surface area (Å²) in [5.74, 6) is 0.437. The van der Waals surface area contributed by atoms with Crippen molar-refractivity contribution in [1.29, 1.82) is 0 Å². The molecule has 0 atom stereocenters. The molecule has 1 N–H and O–H groups in total. The van der Waals surface area contributed by atoms with Crippen molar-refractivity contribution in [2.24, 2.45) is 0 Å². The van der Waals surface area contributed by atoms with Gasteiger partial charge in [0.05, 0.1) is 5.52 Å². The van der Waals surface area contributed by atoms with E-state index in [1.54, 1.807) is 13.0 Å². The van der Waals surface area contributed by atoms with Crippen LogP contribution in [0.4, 0.5) is 0 Å². The van der Waals surface area contributed by atoms with E-state index >= 15 is 0 Å². The summed E-state index contributed by atoms with van der Waals surface area (Å²) in [6, 6.07) is 7.51. The molecule has 1 aromatic carbocycles. The number of rotatable bonds is 1. The van der Waals surface area contributed by atoms with Crippen molar-refractivity contribution in [2.75, 3.05) is 13.1 Å². The number of carbonyl (C=O) groups is 1. The number of hydrogen-bond acceptors (Lipinski definition) is 4. The summed E-state index contributed by atoms with van der Waals surface area (Å²) in [7, 11) is 0. The number of amides is 1. The number of carbonyl (C=O) groups excluding carboxylic acids is 1.